The highest BCUT2D eigenvalue weighted by atomic mass is 16.5. The van der Waals surface area contributed by atoms with Crippen LogP contribution in [-0.2, 0) is 24.4 Å². The lowest BCUT2D eigenvalue weighted by atomic mass is 10.1. The minimum absolute atomic E-state index is 0.308. The monoisotopic (exact) mass is 392 g/mol. The summed E-state index contributed by atoms with van der Waals surface area (Å²) in [4.78, 5) is 11.1. The van der Waals surface area contributed by atoms with Gasteiger partial charge in [-0.1, -0.05) is 12.1 Å². The summed E-state index contributed by atoms with van der Waals surface area (Å²) in [5, 5.41) is 0. The molecule has 1 atom stereocenters. The number of methoxy groups -OCH3 is 1. The Bertz CT molecular complexity index is 877. The molecule has 1 aliphatic heterocycles. The summed E-state index contributed by atoms with van der Waals surface area (Å²) in [7, 11) is 1.72. The molecule has 1 fully saturated rings. The van der Waals surface area contributed by atoms with Gasteiger partial charge in [0.1, 0.15) is 5.75 Å². The van der Waals surface area contributed by atoms with Crippen molar-refractivity contribution in [3.8, 4) is 5.75 Å². The molecular formula is C23H28N4O2. The van der Waals surface area contributed by atoms with Crippen LogP contribution in [0.2, 0.25) is 0 Å². The maximum atomic E-state index is 5.90. The Morgan fingerprint density at radius 2 is 2.17 bits per heavy atom. The zero-order valence-corrected chi connectivity index (χ0v) is 16.9. The van der Waals surface area contributed by atoms with Crippen molar-refractivity contribution in [2.45, 2.75) is 38.6 Å². The van der Waals surface area contributed by atoms with E-state index in [2.05, 4.69) is 43.7 Å². The quantitative estimate of drug-likeness (QED) is 0.558. The Balaban J connectivity index is 1.52. The van der Waals surface area contributed by atoms with E-state index >= 15 is 0 Å². The zero-order valence-electron chi connectivity index (χ0n) is 16.9. The first-order chi connectivity index (χ1) is 14.3. The van der Waals surface area contributed by atoms with Crippen LogP contribution < -0.4 is 4.74 Å². The summed E-state index contributed by atoms with van der Waals surface area (Å²) in [6, 6.07) is 12.5. The van der Waals surface area contributed by atoms with Gasteiger partial charge in [0.05, 0.1) is 31.8 Å². The van der Waals surface area contributed by atoms with Gasteiger partial charge in [-0.2, -0.15) is 0 Å². The van der Waals surface area contributed by atoms with Crippen molar-refractivity contribution in [2.24, 2.45) is 0 Å². The summed E-state index contributed by atoms with van der Waals surface area (Å²) < 4.78 is 13.5. The average molecular weight is 393 g/mol. The molecular weight excluding hydrogens is 364 g/mol. The third-order valence-electron chi connectivity index (χ3n) is 5.26. The van der Waals surface area contributed by atoms with Gasteiger partial charge < -0.3 is 14.0 Å². The molecule has 29 heavy (non-hydrogen) atoms. The predicted octanol–water partition coefficient (Wildman–Crippen LogP) is 3.52. The number of rotatable bonds is 9. The molecule has 152 valence electrons. The van der Waals surface area contributed by atoms with Crippen LogP contribution in [0.25, 0.3) is 0 Å². The summed E-state index contributed by atoms with van der Waals surface area (Å²) in [5.41, 5.74) is 3.49. The molecule has 0 N–H and O–H groups in total. The third-order valence-corrected chi connectivity index (χ3v) is 5.26. The summed E-state index contributed by atoms with van der Waals surface area (Å²) in [6.45, 7) is 4.18. The van der Waals surface area contributed by atoms with E-state index in [1.54, 1.807) is 13.3 Å². The Morgan fingerprint density at radius 3 is 2.90 bits per heavy atom. The molecule has 0 saturated carbocycles. The fraction of sp³-hybridized carbons (Fsp3) is 0.391. The van der Waals surface area contributed by atoms with Crippen LogP contribution in [0.1, 0.15) is 29.7 Å². The van der Waals surface area contributed by atoms with Gasteiger partial charge in [0.15, 0.2) is 0 Å². The number of benzene rings is 1. The first-order valence-corrected chi connectivity index (χ1v) is 10.2. The lowest BCUT2D eigenvalue weighted by molar-refractivity contribution is 0.0674. The lowest BCUT2D eigenvalue weighted by Gasteiger charge is -2.25. The smallest absolute Gasteiger partial charge is 0.123 e. The van der Waals surface area contributed by atoms with Gasteiger partial charge in [0.25, 0.3) is 0 Å². The fourth-order valence-electron chi connectivity index (χ4n) is 3.87. The average Bonchev–Trinajstić information content (AvgIpc) is 3.43. The molecule has 4 rings (SSSR count). The summed E-state index contributed by atoms with van der Waals surface area (Å²) >= 11 is 0. The first kappa shape index (κ1) is 19.6. The van der Waals surface area contributed by atoms with Gasteiger partial charge in [-0.05, 0) is 42.7 Å². The van der Waals surface area contributed by atoms with Crippen LogP contribution in [0.3, 0.4) is 0 Å². The van der Waals surface area contributed by atoms with Crippen molar-refractivity contribution in [1.82, 2.24) is 19.4 Å². The molecule has 0 bridgehead atoms. The third kappa shape index (κ3) is 5.43. The summed E-state index contributed by atoms with van der Waals surface area (Å²) in [6.07, 6.45) is 10.0. The van der Waals surface area contributed by atoms with E-state index < -0.39 is 0 Å². The number of imidazole rings is 1. The Labute approximate surface area is 172 Å². The number of aromatic nitrogens is 3. The largest absolute Gasteiger partial charge is 0.496 e. The molecule has 0 spiro atoms. The lowest BCUT2D eigenvalue weighted by Crippen LogP contribution is -2.31. The molecule has 0 amide bonds. The molecule has 1 aromatic carbocycles. The number of pyridine rings is 1. The van der Waals surface area contributed by atoms with E-state index in [0.717, 1.165) is 62.6 Å². The van der Waals surface area contributed by atoms with E-state index in [-0.39, 0.29) is 0 Å². The van der Waals surface area contributed by atoms with Gasteiger partial charge in [-0.15, -0.1) is 0 Å². The van der Waals surface area contributed by atoms with Gasteiger partial charge in [0.2, 0.25) is 0 Å². The standard InChI is InChI=1S/C23H28N4O2/c1-28-23-8-7-19(13-20(23)15-26-11-10-24-18-26)14-27(17-22-6-4-12-29-22)16-21-5-2-3-9-25-21/h2-3,5,7-11,13,18,22H,4,6,12,14-17H2,1H3. The Hall–Kier alpha value is -2.70. The van der Waals surface area contributed by atoms with Crippen LogP contribution in [0.15, 0.2) is 61.3 Å². The fourth-order valence-corrected chi connectivity index (χ4v) is 3.87. The molecule has 3 heterocycles. The molecule has 6 heteroatoms. The van der Waals surface area contributed by atoms with Crippen LogP contribution in [0.4, 0.5) is 0 Å². The molecule has 1 aliphatic rings. The van der Waals surface area contributed by atoms with E-state index in [4.69, 9.17) is 9.47 Å². The van der Waals surface area contributed by atoms with Crippen LogP contribution in [0, 0.1) is 0 Å². The maximum Gasteiger partial charge on any atom is 0.123 e. The molecule has 1 saturated heterocycles. The minimum Gasteiger partial charge on any atom is -0.496 e. The SMILES string of the molecule is COc1ccc(CN(Cc2ccccn2)CC2CCCO2)cc1Cn1ccnc1. The highest BCUT2D eigenvalue weighted by Crippen LogP contribution is 2.23. The number of nitrogens with zero attached hydrogens (tertiary/aromatic N) is 4. The number of hydrogen-bond donors (Lipinski definition) is 0. The Kier molecular flexibility index (Phi) is 6.54. The Morgan fingerprint density at radius 1 is 1.21 bits per heavy atom. The highest BCUT2D eigenvalue weighted by Gasteiger charge is 2.20. The second kappa shape index (κ2) is 9.67. The topological polar surface area (TPSA) is 52.4 Å². The van der Waals surface area contributed by atoms with E-state index in [1.165, 1.54) is 5.56 Å². The molecule has 0 radical (unpaired) electrons. The van der Waals surface area contributed by atoms with E-state index in [9.17, 15) is 0 Å². The van der Waals surface area contributed by atoms with Gasteiger partial charge in [0, 0.05) is 50.4 Å². The molecule has 1 unspecified atom stereocenters. The number of hydrogen-bond acceptors (Lipinski definition) is 5. The number of ether oxygens (including phenoxy) is 2. The predicted molar refractivity (Wildman–Crippen MR) is 112 cm³/mol. The van der Waals surface area contributed by atoms with Crippen molar-refractivity contribution in [3.05, 3.63) is 78.1 Å². The van der Waals surface area contributed by atoms with Gasteiger partial charge >= 0.3 is 0 Å². The molecule has 2 aromatic heterocycles. The van der Waals surface area contributed by atoms with Crippen LogP contribution in [-0.4, -0.2) is 45.8 Å². The van der Waals surface area contributed by atoms with Gasteiger partial charge in [-0.3, -0.25) is 9.88 Å². The second-order valence-electron chi connectivity index (χ2n) is 7.51. The zero-order chi connectivity index (χ0) is 19.9. The van der Waals surface area contributed by atoms with Crippen molar-refractivity contribution in [2.75, 3.05) is 20.3 Å². The van der Waals surface area contributed by atoms with Crippen molar-refractivity contribution in [3.63, 3.8) is 0 Å². The van der Waals surface area contributed by atoms with Gasteiger partial charge in [-0.25, -0.2) is 4.98 Å². The van der Waals surface area contributed by atoms with E-state index in [0.29, 0.717) is 6.10 Å². The molecule has 0 aliphatic carbocycles. The maximum absolute atomic E-state index is 5.90. The van der Waals surface area contributed by atoms with Crippen LogP contribution in [0.5, 0.6) is 5.75 Å². The van der Waals surface area contributed by atoms with E-state index in [1.807, 2.05) is 30.9 Å². The van der Waals surface area contributed by atoms with Crippen LogP contribution >= 0.6 is 0 Å². The summed E-state index contributed by atoms with van der Waals surface area (Å²) in [5.74, 6) is 0.901. The van der Waals surface area contributed by atoms with Crippen molar-refractivity contribution in [1.29, 1.82) is 0 Å². The highest BCUT2D eigenvalue weighted by molar-refractivity contribution is 5.37. The molecule has 3 aromatic rings. The normalized spacial score (nSPS) is 16.4. The molecule has 6 nitrogen and oxygen atoms in total. The second-order valence-corrected chi connectivity index (χ2v) is 7.51. The minimum atomic E-state index is 0.308. The van der Waals surface area contributed by atoms with Crippen molar-refractivity contribution < 1.29 is 9.47 Å². The van der Waals surface area contributed by atoms with Crippen molar-refractivity contribution >= 4 is 0 Å². The first-order valence-electron chi connectivity index (χ1n) is 10.2.